The minimum atomic E-state index is -0.446. The van der Waals surface area contributed by atoms with Crippen molar-refractivity contribution in [3.8, 4) is 11.4 Å². The number of aromatic nitrogens is 6. The maximum absolute atomic E-state index is 14.0. The summed E-state index contributed by atoms with van der Waals surface area (Å²) in [6, 6.07) is 7.61. The van der Waals surface area contributed by atoms with Gasteiger partial charge in [0.25, 0.3) is 5.91 Å². The van der Waals surface area contributed by atoms with E-state index in [1.165, 1.54) is 25.3 Å². The minimum absolute atomic E-state index is 0. The number of ether oxygens (including phenoxy) is 3. The smallest absolute Gasteiger partial charge is 0.259 e. The van der Waals surface area contributed by atoms with Gasteiger partial charge < -0.3 is 30.2 Å². The molecule has 0 saturated heterocycles. The fraction of sp³-hybridized carbons (Fsp3) is 0.455. The second-order valence-corrected chi connectivity index (χ2v) is 18.1. The molecule has 20 heteroatoms. The van der Waals surface area contributed by atoms with Gasteiger partial charge in [-0.05, 0) is 125 Å². The van der Waals surface area contributed by atoms with Gasteiger partial charge in [0.2, 0.25) is 0 Å². The second kappa shape index (κ2) is 20.5. The highest BCUT2D eigenvalue weighted by Gasteiger charge is 2.38. The molecule has 15 nitrogen and oxygen atoms in total. The van der Waals surface area contributed by atoms with Crippen LogP contribution in [0.1, 0.15) is 94.5 Å². The zero-order valence-corrected chi connectivity index (χ0v) is 39.9. The number of rotatable bonds is 6. The van der Waals surface area contributed by atoms with Crippen LogP contribution in [-0.2, 0) is 49.7 Å². The lowest BCUT2D eigenvalue weighted by atomic mass is 9.87. The molecule has 6 N–H and O–H groups in total. The van der Waals surface area contributed by atoms with E-state index in [2.05, 4.69) is 62.9 Å². The summed E-state index contributed by atoms with van der Waals surface area (Å²) in [6.07, 6.45) is 0.761. The lowest BCUT2D eigenvalue weighted by Gasteiger charge is -2.35. The molecule has 0 spiro atoms. The Kier molecular flexibility index (Phi) is 16.5. The average molecular weight is 975 g/mol. The molecule has 0 unspecified atom stereocenters. The Bertz CT molecular complexity index is 2530. The summed E-state index contributed by atoms with van der Waals surface area (Å²) < 4.78 is 60.1. The second-order valence-electron chi connectivity index (χ2n) is 16.8. The molecule has 2 aromatic heterocycles. The van der Waals surface area contributed by atoms with E-state index in [4.69, 9.17) is 21.7 Å². The van der Waals surface area contributed by atoms with E-state index in [0.29, 0.717) is 29.3 Å². The molecular formula is C44H59BrF3N11O4S. The molecule has 1 amide bonds. The predicted octanol–water partition coefficient (Wildman–Crippen LogP) is 8.32. The molecule has 3 aliphatic heterocycles. The van der Waals surface area contributed by atoms with Crippen molar-refractivity contribution in [2.75, 3.05) is 43.9 Å². The van der Waals surface area contributed by atoms with Gasteiger partial charge in [-0.3, -0.25) is 19.4 Å². The zero-order valence-electron chi connectivity index (χ0n) is 37.5. The number of benzene rings is 3. The number of anilines is 3. The van der Waals surface area contributed by atoms with Gasteiger partial charge in [-0.1, -0.05) is 19.6 Å². The van der Waals surface area contributed by atoms with Crippen molar-refractivity contribution in [2.45, 2.75) is 106 Å². The van der Waals surface area contributed by atoms with Gasteiger partial charge in [0.05, 0.1) is 43.8 Å². The van der Waals surface area contributed by atoms with Crippen molar-refractivity contribution in [3.63, 3.8) is 0 Å². The number of nitrogens with zero attached hydrogens (tertiary/aromatic N) is 6. The molecule has 3 aromatic carbocycles. The van der Waals surface area contributed by atoms with E-state index in [9.17, 15) is 18.0 Å². The third-order valence-corrected chi connectivity index (χ3v) is 12.1. The fourth-order valence-electron chi connectivity index (χ4n) is 7.48. The van der Waals surface area contributed by atoms with E-state index in [-0.39, 0.29) is 42.9 Å². The van der Waals surface area contributed by atoms with Crippen LogP contribution in [0.15, 0.2) is 34.8 Å². The van der Waals surface area contributed by atoms with Crippen molar-refractivity contribution >= 4 is 56.0 Å². The molecule has 0 radical (unpaired) electrons. The van der Waals surface area contributed by atoms with Crippen LogP contribution < -0.4 is 27.2 Å². The Balaban J connectivity index is 0.000000197. The van der Waals surface area contributed by atoms with Crippen molar-refractivity contribution in [1.29, 1.82) is 0 Å². The first kappa shape index (κ1) is 51.6. The van der Waals surface area contributed by atoms with Gasteiger partial charge >= 0.3 is 0 Å². The molecule has 5 aromatic rings. The number of amides is 1. The quantitative estimate of drug-likeness (QED) is 0.0475. The molecule has 348 valence electrons. The topological polar surface area (TPSA) is 180 Å². The summed E-state index contributed by atoms with van der Waals surface area (Å²) in [4.78, 5) is 11.0. The van der Waals surface area contributed by atoms with Crippen molar-refractivity contribution in [2.24, 2.45) is 5.84 Å². The number of hydrazine groups is 1. The molecule has 0 fully saturated rings. The number of methoxy groups -OCH3 is 3. The van der Waals surface area contributed by atoms with Gasteiger partial charge in [0, 0.05) is 44.4 Å². The van der Waals surface area contributed by atoms with Crippen LogP contribution in [0, 0.1) is 38.2 Å². The van der Waals surface area contributed by atoms with Gasteiger partial charge in [-0.2, -0.15) is 0 Å². The van der Waals surface area contributed by atoms with Crippen LogP contribution >= 0.6 is 28.1 Å². The third kappa shape index (κ3) is 10.7. The van der Waals surface area contributed by atoms with Crippen LogP contribution in [0.4, 0.5) is 30.2 Å². The van der Waals surface area contributed by atoms with E-state index < -0.39 is 11.1 Å². The van der Waals surface area contributed by atoms with E-state index >= 15 is 0 Å². The van der Waals surface area contributed by atoms with Gasteiger partial charge in [-0.25, -0.2) is 19.0 Å². The molecule has 5 heterocycles. The Morgan fingerprint density at radius 1 is 0.750 bits per heavy atom. The fourth-order valence-corrected chi connectivity index (χ4v) is 7.97. The molecule has 3 aliphatic rings. The standard InChI is InChI=1S/C14H16BrFN4O.C14H17FN4O.C12H14FNS.C3H8N2O2.CH4/c1-7-11(15)8(16)5-9-12(7)20-10(6-21-4)18-19-13(20)14(2,3)17-9;1-8-5-9(15)6-10-12(8)19-11(7-20-4)17-18-13(19)14(2,3)16-10;1-7-4-8(13)5-10-9(7)6-11(15)12(2,3)14-10;1-7-2-3(6)5-4;/h5,17H,6H2,1-4H3;5-6,16H,7H2,1-4H3;4-5,14H,6H2,1-3H3;2,4H2,1H3,(H,5,6);1H4. The zero-order chi connectivity index (χ0) is 46.8. The average Bonchev–Trinajstić information content (AvgIpc) is 3.81. The highest BCUT2D eigenvalue weighted by molar-refractivity contribution is 9.10. The van der Waals surface area contributed by atoms with Crippen LogP contribution in [-0.4, -0.2) is 73.8 Å². The lowest BCUT2D eigenvalue weighted by Crippen LogP contribution is -2.43. The molecule has 64 heavy (non-hydrogen) atoms. The van der Waals surface area contributed by atoms with Crippen molar-refractivity contribution in [3.05, 3.63) is 97.8 Å². The number of nitrogens with one attached hydrogen (secondary N) is 4. The Labute approximate surface area is 386 Å². The lowest BCUT2D eigenvalue weighted by molar-refractivity contribution is -0.124. The first-order valence-electron chi connectivity index (χ1n) is 19.8. The van der Waals surface area contributed by atoms with E-state index in [1.807, 2.05) is 76.9 Å². The molecular weight excluding hydrogens is 916 g/mol. The first-order chi connectivity index (χ1) is 29.5. The highest BCUT2D eigenvalue weighted by Crippen LogP contribution is 2.42. The summed E-state index contributed by atoms with van der Waals surface area (Å²) in [7, 11) is 4.66. The summed E-state index contributed by atoms with van der Waals surface area (Å²) >= 11 is 8.66. The Morgan fingerprint density at radius 2 is 1.22 bits per heavy atom. The molecule has 8 rings (SSSR count). The molecule has 0 aliphatic carbocycles. The van der Waals surface area contributed by atoms with Gasteiger partial charge in [0.15, 0.2) is 23.3 Å². The van der Waals surface area contributed by atoms with E-state index in [1.54, 1.807) is 26.4 Å². The van der Waals surface area contributed by atoms with Crippen LogP contribution in [0.25, 0.3) is 11.4 Å². The molecule has 0 atom stereocenters. The minimum Gasteiger partial charge on any atom is -0.377 e. The number of carbonyl (C=O) groups excluding carboxylic acids is 1. The van der Waals surface area contributed by atoms with Crippen LogP contribution in [0.3, 0.4) is 0 Å². The number of nitrogens with two attached hydrogens (primary N) is 1. The molecule has 0 bridgehead atoms. The Hall–Kier alpha value is -4.99. The SMILES string of the molecule is C.COCC(=O)NN.COCc1nnc2n1-c1c(C)cc(F)cc1NC2(C)C.COCc1nnc2n1-c1c(cc(F)c(Br)c1C)NC2(C)C.Cc1cc(F)cc2c1CC(=S)C(C)(C)N2. The number of carbonyl (C=O) groups is 1. The number of aryl methyl sites for hydroxylation is 2. The van der Waals surface area contributed by atoms with Crippen molar-refractivity contribution in [1.82, 2.24) is 35.0 Å². The maximum atomic E-state index is 14.0. The summed E-state index contributed by atoms with van der Waals surface area (Å²) in [5, 5.41) is 26.9. The number of thiocarbonyl (C=S) groups is 1. The first-order valence-corrected chi connectivity index (χ1v) is 21.0. The predicted molar refractivity (Wildman–Crippen MR) is 251 cm³/mol. The van der Waals surface area contributed by atoms with Crippen LogP contribution in [0.2, 0.25) is 0 Å². The number of fused-ring (bicyclic) bond motifs is 7. The summed E-state index contributed by atoms with van der Waals surface area (Å²) in [5.74, 6) is 6.62. The van der Waals surface area contributed by atoms with Crippen LogP contribution in [0.5, 0.6) is 0 Å². The summed E-state index contributed by atoms with van der Waals surface area (Å²) in [5.41, 5.74) is 8.63. The van der Waals surface area contributed by atoms with Crippen molar-refractivity contribution < 1.29 is 32.2 Å². The normalized spacial score (nSPS) is 15.0. The number of hydrogen-bond acceptors (Lipinski definition) is 13. The number of halogens is 4. The van der Waals surface area contributed by atoms with Gasteiger partial charge in [0.1, 0.15) is 37.3 Å². The largest absolute Gasteiger partial charge is 0.377 e. The monoisotopic (exact) mass is 973 g/mol. The summed E-state index contributed by atoms with van der Waals surface area (Å²) in [6.45, 7) is 18.4. The van der Waals surface area contributed by atoms with E-state index in [0.717, 1.165) is 73.6 Å². The Morgan fingerprint density at radius 3 is 1.70 bits per heavy atom. The van der Waals surface area contributed by atoms with Gasteiger partial charge in [-0.15, -0.1) is 20.4 Å². The highest BCUT2D eigenvalue weighted by atomic mass is 79.9. The molecule has 0 saturated carbocycles. The maximum Gasteiger partial charge on any atom is 0.259 e. The number of hydrogen-bond donors (Lipinski definition) is 5. The third-order valence-electron chi connectivity index (χ3n) is 10.5.